The van der Waals surface area contributed by atoms with E-state index >= 15 is 0 Å². The van der Waals surface area contributed by atoms with E-state index in [2.05, 4.69) is 20.0 Å². The molecule has 1 aliphatic heterocycles. The number of anilines is 2. The summed E-state index contributed by atoms with van der Waals surface area (Å²) in [5, 5.41) is 2.45. The minimum atomic E-state index is -5.00. The largest absolute Gasteiger partial charge is 0.573 e. The number of rotatable bonds is 5. The minimum absolute atomic E-state index is 0.0834. The van der Waals surface area contributed by atoms with Crippen LogP contribution >= 0.6 is 0 Å². The van der Waals surface area contributed by atoms with Gasteiger partial charge in [-0.05, 0) is 36.0 Å². The fourth-order valence-corrected chi connectivity index (χ4v) is 3.37. The molecule has 3 rings (SSSR count). The number of carbonyl (C=O) groups is 1. The van der Waals surface area contributed by atoms with Gasteiger partial charge in [0.1, 0.15) is 0 Å². The van der Waals surface area contributed by atoms with Crippen molar-refractivity contribution in [1.29, 1.82) is 0 Å². The van der Waals surface area contributed by atoms with E-state index in [0.717, 1.165) is 12.1 Å². The Balaban J connectivity index is 1.78. The predicted molar refractivity (Wildman–Crippen MR) is 107 cm³/mol. The maximum atomic E-state index is 14.6. The molecular weight excluding hydrogens is 435 g/mol. The van der Waals surface area contributed by atoms with E-state index in [9.17, 15) is 26.7 Å². The highest BCUT2D eigenvalue weighted by Gasteiger charge is 2.32. The third-order valence-electron chi connectivity index (χ3n) is 4.59. The van der Waals surface area contributed by atoms with Crippen molar-refractivity contribution in [3.63, 3.8) is 0 Å². The summed E-state index contributed by atoms with van der Waals surface area (Å²) < 4.78 is 69.2. The number of nitrogens with one attached hydrogen (secondary N) is 1. The van der Waals surface area contributed by atoms with Crippen LogP contribution in [0.25, 0.3) is 0 Å². The standard InChI is InChI=1S/C21H23F5N4O2/c1-20(2,3)10-16(31)28-18-17(23)29-19-14(27-18)5-4-8-30(19)11-12-6-7-15(13(22)9-12)32-21(24,25)26/h6-7,9H,4-5,8,10-11H2,1-3H3,(H,27,28,31). The lowest BCUT2D eigenvalue weighted by atomic mass is 9.92. The number of halogens is 5. The molecule has 174 valence electrons. The van der Waals surface area contributed by atoms with E-state index in [-0.39, 0.29) is 35.9 Å². The molecule has 1 aliphatic rings. The van der Waals surface area contributed by atoms with Gasteiger partial charge in [-0.25, -0.2) is 9.37 Å². The molecule has 1 N–H and O–H groups in total. The van der Waals surface area contributed by atoms with Crippen LogP contribution in [-0.4, -0.2) is 28.8 Å². The molecule has 1 aromatic carbocycles. The van der Waals surface area contributed by atoms with E-state index in [1.54, 1.807) is 4.90 Å². The van der Waals surface area contributed by atoms with Gasteiger partial charge in [0.05, 0.1) is 5.69 Å². The van der Waals surface area contributed by atoms with Crippen molar-refractivity contribution in [2.45, 2.75) is 52.9 Å². The first kappa shape index (κ1) is 23.7. The molecule has 0 bridgehead atoms. The zero-order valence-electron chi connectivity index (χ0n) is 17.8. The zero-order valence-corrected chi connectivity index (χ0v) is 17.8. The molecule has 0 unspecified atom stereocenters. The van der Waals surface area contributed by atoms with Crippen molar-refractivity contribution >= 4 is 17.5 Å². The molecule has 6 nitrogen and oxygen atoms in total. The average Bonchev–Trinajstić information content (AvgIpc) is 2.63. The van der Waals surface area contributed by atoms with E-state index in [4.69, 9.17) is 0 Å². The van der Waals surface area contributed by atoms with Gasteiger partial charge in [-0.15, -0.1) is 13.2 Å². The highest BCUT2D eigenvalue weighted by Crippen LogP contribution is 2.30. The molecule has 0 saturated heterocycles. The van der Waals surface area contributed by atoms with Crippen LogP contribution in [0.15, 0.2) is 18.2 Å². The summed E-state index contributed by atoms with van der Waals surface area (Å²) in [4.78, 5) is 21.9. The van der Waals surface area contributed by atoms with Gasteiger partial charge in [0.2, 0.25) is 5.91 Å². The van der Waals surface area contributed by atoms with E-state index in [0.29, 0.717) is 30.6 Å². The molecule has 0 radical (unpaired) electrons. The molecule has 0 atom stereocenters. The Morgan fingerprint density at radius 3 is 2.53 bits per heavy atom. The van der Waals surface area contributed by atoms with Crippen LogP contribution in [0.1, 0.15) is 44.9 Å². The number of benzene rings is 1. The van der Waals surface area contributed by atoms with Crippen LogP contribution in [0.2, 0.25) is 0 Å². The fourth-order valence-electron chi connectivity index (χ4n) is 3.37. The summed E-state index contributed by atoms with van der Waals surface area (Å²) in [6, 6.07) is 3.12. The first-order valence-electron chi connectivity index (χ1n) is 9.96. The number of hydrogen-bond acceptors (Lipinski definition) is 5. The summed E-state index contributed by atoms with van der Waals surface area (Å²) in [5.74, 6) is -3.42. The molecule has 2 heterocycles. The molecule has 1 amide bonds. The molecule has 0 spiro atoms. The molecule has 2 aromatic rings. The Bertz CT molecular complexity index is 1000. The Morgan fingerprint density at radius 1 is 1.19 bits per heavy atom. The third-order valence-corrected chi connectivity index (χ3v) is 4.59. The molecule has 1 aromatic heterocycles. The molecular formula is C21H23F5N4O2. The average molecular weight is 458 g/mol. The number of nitrogens with zero attached hydrogens (tertiary/aromatic N) is 3. The van der Waals surface area contributed by atoms with Crippen molar-refractivity contribution in [2.75, 3.05) is 16.8 Å². The Labute approximate surface area is 181 Å². The van der Waals surface area contributed by atoms with Crippen LogP contribution in [0.4, 0.5) is 33.6 Å². The summed E-state index contributed by atoms with van der Waals surface area (Å²) in [7, 11) is 0. The Kier molecular flexibility index (Phi) is 6.56. The fraction of sp³-hybridized carbons (Fsp3) is 0.476. The van der Waals surface area contributed by atoms with Crippen LogP contribution in [0, 0.1) is 17.2 Å². The predicted octanol–water partition coefficient (Wildman–Crippen LogP) is 4.98. The molecule has 0 aliphatic carbocycles. The Morgan fingerprint density at radius 2 is 1.91 bits per heavy atom. The number of alkyl halides is 3. The van der Waals surface area contributed by atoms with Crippen molar-refractivity contribution in [2.24, 2.45) is 5.41 Å². The number of amides is 1. The SMILES string of the molecule is CC(C)(C)CC(=O)Nc1nc2c(nc1F)N(Cc1ccc(OC(F)(F)F)c(F)c1)CCC2. The van der Waals surface area contributed by atoms with Gasteiger partial charge in [-0.3, -0.25) is 4.79 Å². The molecule has 0 saturated carbocycles. The number of aromatic nitrogens is 2. The van der Waals surface area contributed by atoms with Crippen molar-refractivity contribution in [1.82, 2.24) is 9.97 Å². The van der Waals surface area contributed by atoms with Gasteiger partial charge in [-0.2, -0.15) is 9.37 Å². The lowest BCUT2D eigenvalue weighted by molar-refractivity contribution is -0.275. The summed E-state index contributed by atoms with van der Waals surface area (Å²) in [5.41, 5.74) is 0.547. The second-order valence-corrected chi connectivity index (χ2v) is 8.76. The number of hydrogen-bond donors (Lipinski definition) is 1. The smallest absolute Gasteiger partial charge is 0.403 e. The van der Waals surface area contributed by atoms with E-state index in [1.165, 1.54) is 6.07 Å². The van der Waals surface area contributed by atoms with Crippen LogP contribution in [0.3, 0.4) is 0 Å². The van der Waals surface area contributed by atoms with Gasteiger partial charge in [0.25, 0.3) is 5.95 Å². The lowest BCUT2D eigenvalue weighted by Crippen LogP contribution is -2.31. The summed E-state index contributed by atoms with van der Waals surface area (Å²) in [6.45, 7) is 6.19. The normalized spacial score (nSPS) is 14.2. The number of aryl methyl sites for hydroxylation is 1. The van der Waals surface area contributed by atoms with Crippen molar-refractivity contribution in [3.8, 4) is 5.75 Å². The van der Waals surface area contributed by atoms with E-state index in [1.807, 2.05) is 20.8 Å². The third kappa shape index (κ3) is 6.27. The van der Waals surface area contributed by atoms with Gasteiger partial charge < -0.3 is 15.0 Å². The highest BCUT2D eigenvalue weighted by molar-refractivity contribution is 5.90. The molecule has 0 fully saturated rings. The first-order valence-corrected chi connectivity index (χ1v) is 9.96. The first-order chi connectivity index (χ1) is 14.8. The monoisotopic (exact) mass is 458 g/mol. The minimum Gasteiger partial charge on any atom is -0.403 e. The number of fused-ring (bicyclic) bond motifs is 1. The van der Waals surface area contributed by atoms with Crippen LogP contribution < -0.4 is 15.0 Å². The van der Waals surface area contributed by atoms with E-state index < -0.39 is 23.9 Å². The highest BCUT2D eigenvalue weighted by atomic mass is 19.4. The number of carbonyl (C=O) groups excluding carboxylic acids is 1. The van der Waals surface area contributed by atoms with Gasteiger partial charge in [0.15, 0.2) is 23.2 Å². The summed E-state index contributed by atoms with van der Waals surface area (Å²) >= 11 is 0. The maximum absolute atomic E-state index is 14.6. The topological polar surface area (TPSA) is 67.4 Å². The van der Waals surface area contributed by atoms with Gasteiger partial charge >= 0.3 is 6.36 Å². The van der Waals surface area contributed by atoms with Crippen LogP contribution in [0.5, 0.6) is 5.75 Å². The number of ether oxygens (including phenoxy) is 1. The van der Waals surface area contributed by atoms with Gasteiger partial charge in [0, 0.05) is 19.5 Å². The lowest BCUT2D eigenvalue weighted by Gasteiger charge is -2.30. The molecule has 32 heavy (non-hydrogen) atoms. The van der Waals surface area contributed by atoms with Crippen molar-refractivity contribution in [3.05, 3.63) is 41.2 Å². The van der Waals surface area contributed by atoms with Crippen molar-refractivity contribution < 1.29 is 31.5 Å². The summed E-state index contributed by atoms with van der Waals surface area (Å²) in [6.07, 6.45) is -3.66. The Hall–Kier alpha value is -2.98. The molecule has 11 heteroatoms. The maximum Gasteiger partial charge on any atom is 0.573 e. The van der Waals surface area contributed by atoms with Gasteiger partial charge in [-0.1, -0.05) is 26.8 Å². The second kappa shape index (κ2) is 8.87. The van der Waals surface area contributed by atoms with Crippen LogP contribution in [-0.2, 0) is 17.8 Å². The second-order valence-electron chi connectivity index (χ2n) is 8.76. The quantitative estimate of drug-likeness (QED) is 0.640. The zero-order chi connectivity index (χ0) is 23.7.